The van der Waals surface area contributed by atoms with Gasteiger partial charge in [0.05, 0.1) is 27.7 Å². The smallest absolute Gasteiger partial charge is 0.462 e. The van der Waals surface area contributed by atoms with Crippen LogP contribution in [0.25, 0.3) is 0 Å². The molecule has 0 aliphatic rings. The molecule has 9 nitrogen and oxygen atoms in total. The molecule has 0 radical (unpaired) electrons. The van der Waals surface area contributed by atoms with Crippen LogP contribution in [-0.2, 0) is 32.7 Å². The Bertz CT molecular complexity index is 1400. The predicted octanol–water partition coefficient (Wildman–Crippen LogP) is 18.7. The number of phosphoric ester groups is 1. The first kappa shape index (κ1) is 69.7. The molecule has 0 saturated heterocycles. The van der Waals surface area contributed by atoms with Crippen molar-refractivity contribution in [1.82, 2.24) is 0 Å². The Morgan fingerprint density at radius 2 is 0.750 bits per heavy atom. The molecule has 420 valence electrons. The van der Waals surface area contributed by atoms with Gasteiger partial charge in [-0.2, -0.15) is 0 Å². The van der Waals surface area contributed by atoms with Crippen LogP contribution in [0, 0.1) is 0 Å². The molecule has 0 aromatic heterocycles. The molecule has 0 fully saturated rings. The number of carbonyl (C=O) groups is 2. The molecule has 0 rings (SSSR count). The minimum atomic E-state index is -4.39. The van der Waals surface area contributed by atoms with Gasteiger partial charge in [-0.3, -0.25) is 18.6 Å². The average molecular weight is 1030 g/mol. The van der Waals surface area contributed by atoms with Crippen LogP contribution in [0.2, 0.25) is 0 Å². The van der Waals surface area contributed by atoms with E-state index in [0.717, 1.165) is 77.0 Å². The maximum absolute atomic E-state index is 12.8. The molecule has 0 aromatic rings. The lowest BCUT2D eigenvalue weighted by molar-refractivity contribution is -0.870. The van der Waals surface area contributed by atoms with Gasteiger partial charge in [0.2, 0.25) is 0 Å². The molecule has 0 saturated carbocycles. The summed E-state index contributed by atoms with van der Waals surface area (Å²) in [4.78, 5) is 35.7. The number of likely N-dealkylation sites (N-methyl/N-ethyl adjacent to an activating group) is 1. The van der Waals surface area contributed by atoms with E-state index in [-0.39, 0.29) is 32.0 Å². The molecule has 0 heterocycles. The first-order chi connectivity index (χ1) is 35.0. The van der Waals surface area contributed by atoms with E-state index in [2.05, 4.69) is 74.6 Å². The first-order valence-corrected chi connectivity index (χ1v) is 31.5. The summed E-state index contributed by atoms with van der Waals surface area (Å²) in [5.41, 5.74) is 0. The van der Waals surface area contributed by atoms with Crippen LogP contribution in [0.1, 0.15) is 271 Å². The second kappa shape index (κ2) is 53.5. The summed E-state index contributed by atoms with van der Waals surface area (Å²) in [6.07, 6.45) is 68.6. The number of nitrogens with zero attached hydrogens (tertiary/aromatic N) is 1. The molecule has 0 aliphatic heterocycles. The molecule has 2 atom stereocenters. The van der Waals surface area contributed by atoms with Gasteiger partial charge in [-0.05, 0) is 83.5 Å². The first-order valence-electron chi connectivity index (χ1n) is 30.0. The second-order valence-corrected chi connectivity index (χ2v) is 22.8. The Labute approximate surface area is 445 Å². The Kier molecular flexibility index (Phi) is 51.8. The highest BCUT2D eigenvalue weighted by molar-refractivity contribution is 7.47. The number of rotatable bonds is 55. The van der Waals surface area contributed by atoms with Crippen LogP contribution in [0.3, 0.4) is 0 Å². The van der Waals surface area contributed by atoms with Crippen LogP contribution < -0.4 is 0 Å². The third kappa shape index (κ3) is 57.0. The van der Waals surface area contributed by atoms with Crippen LogP contribution in [-0.4, -0.2) is 74.9 Å². The number of unbranched alkanes of at least 4 members (excludes halogenated alkanes) is 31. The molecule has 0 aliphatic carbocycles. The average Bonchev–Trinajstić information content (AvgIpc) is 3.34. The predicted molar refractivity (Wildman–Crippen MR) is 307 cm³/mol. The Hall–Kier alpha value is -2.29. The zero-order valence-corrected chi connectivity index (χ0v) is 48.6. The van der Waals surface area contributed by atoms with E-state index in [9.17, 15) is 19.0 Å². The van der Waals surface area contributed by atoms with E-state index in [1.54, 1.807) is 0 Å². The van der Waals surface area contributed by atoms with Crippen LogP contribution in [0.4, 0.5) is 0 Å². The van der Waals surface area contributed by atoms with E-state index >= 15 is 0 Å². The Balaban J connectivity index is 4.15. The van der Waals surface area contributed by atoms with E-state index < -0.39 is 26.5 Å². The van der Waals surface area contributed by atoms with Crippen LogP contribution >= 0.6 is 7.82 Å². The molecule has 0 aromatic carbocycles. The molecule has 72 heavy (non-hydrogen) atoms. The number of allylic oxidation sites excluding steroid dienone is 10. The largest absolute Gasteiger partial charge is 0.472 e. The van der Waals surface area contributed by atoms with Crippen molar-refractivity contribution in [3.8, 4) is 0 Å². The number of esters is 2. The number of hydrogen-bond acceptors (Lipinski definition) is 7. The summed E-state index contributed by atoms with van der Waals surface area (Å²) in [5, 5.41) is 0. The molecule has 2 unspecified atom stereocenters. The monoisotopic (exact) mass is 1030 g/mol. The van der Waals surface area contributed by atoms with Crippen molar-refractivity contribution < 1.29 is 42.1 Å². The molecule has 1 N–H and O–H groups in total. The van der Waals surface area contributed by atoms with E-state index in [0.29, 0.717) is 17.4 Å². The molecule has 10 heteroatoms. The fraction of sp³-hybridized carbons (Fsp3) is 0.806. The van der Waals surface area contributed by atoms with Gasteiger partial charge in [-0.1, -0.05) is 235 Å². The van der Waals surface area contributed by atoms with Crippen molar-refractivity contribution in [3.05, 3.63) is 60.8 Å². The van der Waals surface area contributed by atoms with E-state index in [4.69, 9.17) is 18.5 Å². The van der Waals surface area contributed by atoms with Gasteiger partial charge in [0.1, 0.15) is 19.8 Å². The fourth-order valence-electron chi connectivity index (χ4n) is 8.35. The van der Waals surface area contributed by atoms with Gasteiger partial charge < -0.3 is 18.9 Å². The Morgan fingerprint density at radius 1 is 0.431 bits per heavy atom. The van der Waals surface area contributed by atoms with Gasteiger partial charge in [-0.15, -0.1) is 0 Å². The number of ether oxygens (including phenoxy) is 2. The van der Waals surface area contributed by atoms with Crippen molar-refractivity contribution in [3.63, 3.8) is 0 Å². The van der Waals surface area contributed by atoms with Crippen molar-refractivity contribution in [2.45, 2.75) is 277 Å². The number of phosphoric acid groups is 1. The molecule has 0 amide bonds. The van der Waals surface area contributed by atoms with Crippen molar-refractivity contribution in [2.24, 2.45) is 0 Å². The summed E-state index contributed by atoms with van der Waals surface area (Å²) >= 11 is 0. The van der Waals surface area contributed by atoms with Crippen LogP contribution in [0.15, 0.2) is 60.8 Å². The third-order valence-corrected chi connectivity index (χ3v) is 14.0. The van der Waals surface area contributed by atoms with Gasteiger partial charge in [0.25, 0.3) is 0 Å². The number of quaternary nitrogens is 1. The van der Waals surface area contributed by atoms with E-state index in [1.165, 1.54) is 161 Å². The fourth-order valence-corrected chi connectivity index (χ4v) is 9.09. The number of carbonyl (C=O) groups excluding carboxylic acids is 2. The van der Waals surface area contributed by atoms with Crippen molar-refractivity contribution in [2.75, 3.05) is 47.5 Å². The summed E-state index contributed by atoms with van der Waals surface area (Å²) in [6.45, 7) is 4.42. The quantitative estimate of drug-likeness (QED) is 0.0211. The second-order valence-electron chi connectivity index (χ2n) is 21.4. The van der Waals surface area contributed by atoms with Gasteiger partial charge in [0.15, 0.2) is 6.10 Å². The third-order valence-electron chi connectivity index (χ3n) is 13.0. The Morgan fingerprint density at radius 3 is 1.11 bits per heavy atom. The molecular weight excluding hydrogens is 918 g/mol. The highest BCUT2D eigenvalue weighted by Crippen LogP contribution is 2.43. The lowest BCUT2D eigenvalue weighted by Crippen LogP contribution is -2.37. The zero-order chi connectivity index (χ0) is 52.7. The highest BCUT2D eigenvalue weighted by Gasteiger charge is 2.27. The minimum absolute atomic E-state index is 0.0277. The maximum Gasteiger partial charge on any atom is 0.472 e. The zero-order valence-electron chi connectivity index (χ0n) is 47.7. The topological polar surface area (TPSA) is 108 Å². The van der Waals surface area contributed by atoms with Crippen molar-refractivity contribution in [1.29, 1.82) is 0 Å². The lowest BCUT2D eigenvalue weighted by atomic mass is 10.0. The van der Waals surface area contributed by atoms with Gasteiger partial charge >= 0.3 is 19.8 Å². The standard InChI is InChI=1S/C62H114NO8P/c1-6-8-10-12-14-16-18-20-22-24-26-28-29-30-31-32-33-35-36-38-40-42-44-46-48-50-52-54-61(64)68-58-60(59-70-72(66,67)69-57-56-63(3,4)5)71-62(65)55-53-51-49-47-45-43-41-39-37-34-27-25-23-21-19-17-15-13-11-9-7-2/h18-21,24-27,37,39,60H,6-17,22-23,28-36,38,40-59H2,1-5H3/p+1/b20-18-,21-19-,26-24-,27-25-,39-37-. The summed E-state index contributed by atoms with van der Waals surface area (Å²) < 4.78 is 34.6. The van der Waals surface area contributed by atoms with Gasteiger partial charge in [0, 0.05) is 12.8 Å². The highest BCUT2D eigenvalue weighted by atomic mass is 31.2. The normalized spacial score (nSPS) is 13.7. The summed E-state index contributed by atoms with van der Waals surface area (Å²) in [5.74, 6) is -0.805. The van der Waals surface area contributed by atoms with Gasteiger partial charge in [-0.25, -0.2) is 4.57 Å². The molecule has 0 bridgehead atoms. The maximum atomic E-state index is 12.8. The molecular formula is C62H115NO8P+. The molecule has 0 spiro atoms. The SMILES string of the molecule is CCCCCCC/C=C\C/C=C\C/C=C\CCCCCCCCC(=O)OC(COC(=O)CCCCCCCCCCCCCCCCC/C=C\C/C=C\CCCCCCC)COP(=O)(O)OCC[N+](C)(C)C. The van der Waals surface area contributed by atoms with Crippen LogP contribution in [0.5, 0.6) is 0 Å². The summed E-state index contributed by atoms with van der Waals surface area (Å²) in [7, 11) is 1.47. The minimum Gasteiger partial charge on any atom is -0.462 e. The van der Waals surface area contributed by atoms with E-state index in [1.807, 2.05) is 21.1 Å². The lowest BCUT2D eigenvalue weighted by Gasteiger charge is -2.24. The van der Waals surface area contributed by atoms with Crippen molar-refractivity contribution >= 4 is 19.8 Å². The summed E-state index contributed by atoms with van der Waals surface area (Å²) in [6, 6.07) is 0. The number of hydrogen-bond donors (Lipinski definition) is 1.